The summed E-state index contributed by atoms with van der Waals surface area (Å²) < 4.78 is 5.09. The van der Waals surface area contributed by atoms with Gasteiger partial charge in [-0.2, -0.15) is 0 Å². The second-order valence-electron chi connectivity index (χ2n) is 5.50. The van der Waals surface area contributed by atoms with Crippen molar-refractivity contribution < 1.29 is 9.21 Å². The molecule has 4 rings (SSSR count). The Labute approximate surface area is 147 Å². The minimum absolute atomic E-state index is 0.171. The van der Waals surface area contributed by atoms with E-state index in [2.05, 4.69) is 26.6 Å². The van der Waals surface area contributed by atoms with Gasteiger partial charge in [0.2, 0.25) is 0 Å². The molecule has 0 saturated heterocycles. The van der Waals surface area contributed by atoms with Crippen LogP contribution in [-0.4, -0.2) is 17.4 Å². The van der Waals surface area contributed by atoms with Gasteiger partial charge in [0.25, 0.3) is 5.91 Å². The third-order valence-corrected chi connectivity index (χ3v) is 5.16. The molecular weight excluding hydrogens is 346 g/mol. The van der Waals surface area contributed by atoms with Crippen molar-refractivity contribution >= 4 is 40.4 Å². The molecule has 1 N–H and O–H groups in total. The molecule has 1 amide bonds. The summed E-state index contributed by atoms with van der Waals surface area (Å²) in [6.45, 7) is 1.83. The zero-order chi connectivity index (χ0) is 16.5. The fourth-order valence-electron chi connectivity index (χ4n) is 2.72. The molecule has 122 valence electrons. The van der Waals surface area contributed by atoms with E-state index >= 15 is 0 Å². The molecule has 0 atom stereocenters. The lowest BCUT2D eigenvalue weighted by Gasteiger charge is -2.28. The molecule has 0 bridgehead atoms. The molecule has 4 heterocycles. The maximum absolute atomic E-state index is 12.0. The van der Waals surface area contributed by atoms with E-state index < -0.39 is 0 Å². The third-order valence-electron chi connectivity index (χ3n) is 3.93. The molecule has 0 unspecified atom stereocenters. The van der Waals surface area contributed by atoms with Gasteiger partial charge in [-0.25, -0.2) is 4.98 Å². The summed E-state index contributed by atoms with van der Waals surface area (Å²) in [6.07, 6.45) is 2.70. The van der Waals surface area contributed by atoms with Gasteiger partial charge >= 0.3 is 0 Å². The van der Waals surface area contributed by atoms with Gasteiger partial charge in [0, 0.05) is 18.0 Å². The first-order valence-corrected chi connectivity index (χ1v) is 8.78. The maximum Gasteiger partial charge on any atom is 0.291 e. The van der Waals surface area contributed by atoms with Gasteiger partial charge in [0.1, 0.15) is 5.82 Å². The average molecular weight is 360 g/mol. The SMILES string of the molecule is O=C(Nc1ccc(N2CCc3sccc3C2)nc1)c1ccc(Cl)o1. The van der Waals surface area contributed by atoms with Gasteiger partial charge in [-0.15, -0.1) is 11.3 Å². The number of thiophene rings is 1. The summed E-state index contributed by atoms with van der Waals surface area (Å²) in [5.74, 6) is 0.730. The number of pyridine rings is 1. The topological polar surface area (TPSA) is 58.4 Å². The highest BCUT2D eigenvalue weighted by atomic mass is 35.5. The largest absolute Gasteiger partial charge is 0.440 e. The zero-order valence-corrected chi connectivity index (χ0v) is 14.2. The van der Waals surface area contributed by atoms with E-state index in [-0.39, 0.29) is 16.9 Å². The van der Waals surface area contributed by atoms with Crippen molar-refractivity contribution in [1.82, 2.24) is 4.98 Å². The fraction of sp³-hybridized carbons (Fsp3) is 0.176. The second kappa shape index (κ2) is 6.30. The van der Waals surface area contributed by atoms with Crippen LogP contribution in [0.2, 0.25) is 5.22 Å². The standard InChI is InChI=1S/C17H14ClN3O2S/c18-15-3-2-13(23-15)17(22)20-12-1-4-16(19-9-12)21-7-5-14-11(10-21)6-8-24-14/h1-4,6,8-9H,5,7,10H2,(H,20,22). The van der Waals surface area contributed by atoms with Crippen LogP contribution >= 0.6 is 22.9 Å². The van der Waals surface area contributed by atoms with Gasteiger partial charge in [-0.3, -0.25) is 4.79 Å². The van der Waals surface area contributed by atoms with Gasteiger partial charge in [0.15, 0.2) is 11.0 Å². The van der Waals surface area contributed by atoms with Crippen LogP contribution < -0.4 is 10.2 Å². The molecule has 3 aromatic rings. The van der Waals surface area contributed by atoms with Crippen molar-refractivity contribution in [2.75, 3.05) is 16.8 Å². The van der Waals surface area contributed by atoms with Gasteiger partial charge in [-0.05, 0) is 59.3 Å². The number of carbonyl (C=O) groups excluding carboxylic acids is 1. The molecule has 0 radical (unpaired) electrons. The zero-order valence-electron chi connectivity index (χ0n) is 12.7. The number of hydrogen-bond donors (Lipinski definition) is 1. The van der Waals surface area contributed by atoms with Crippen LogP contribution in [0, 0.1) is 0 Å². The van der Waals surface area contributed by atoms with E-state index in [0.717, 1.165) is 25.3 Å². The number of halogens is 1. The average Bonchev–Trinajstić information content (AvgIpc) is 3.23. The summed E-state index contributed by atoms with van der Waals surface area (Å²) in [4.78, 5) is 20.2. The number of amides is 1. The Balaban J connectivity index is 1.44. The molecule has 0 aliphatic carbocycles. The van der Waals surface area contributed by atoms with Crippen molar-refractivity contribution in [3.63, 3.8) is 0 Å². The molecule has 1 aliphatic rings. The summed E-state index contributed by atoms with van der Waals surface area (Å²) in [5, 5.41) is 5.07. The Morgan fingerprint density at radius 3 is 2.96 bits per heavy atom. The number of hydrogen-bond acceptors (Lipinski definition) is 5. The van der Waals surface area contributed by atoms with E-state index in [1.165, 1.54) is 22.6 Å². The fourth-order valence-corrected chi connectivity index (χ4v) is 3.76. The van der Waals surface area contributed by atoms with Crippen LogP contribution in [0.5, 0.6) is 0 Å². The second-order valence-corrected chi connectivity index (χ2v) is 6.88. The highest BCUT2D eigenvalue weighted by Crippen LogP contribution is 2.27. The van der Waals surface area contributed by atoms with Crippen LogP contribution in [0.1, 0.15) is 21.0 Å². The number of nitrogens with zero attached hydrogens (tertiary/aromatic N) is 2. The number of anilines is 2. The Morgan fingerprint density at radius 2 is 2.21 bits per heavy atom. The Hall–Kier alpha value is -2.31. The highest BCUT2D eigenvalue weighted by Gasteiger charge is 2.18. The van der Waals surface area contributed by atoms with Crippen molar-refractivity contribution in [2.24, 2.45) is 0 Å². The molecule has 7 heteroatoms. The predicted molar refractivity (Wildman–Crippen MR) is 95.0 cm³/mol. The van der Waals surface area contributed by atoms with E-state index in [4.69, 9.17) is 16.0 Å². The van der Waals surface area contributed by atoms with Gasteiger partial charge in [-0.1, -0.05) is 0 Å². The van der Waals surface area contributed by atoms with Crippen LogP contribution in [0.3, 0.4) is 0 Å². The van der Waals surface area contributed by atoms with Crippen molar-refractivity contribution in [3.05, 3.63) is 63.3 Å². The Kier molecular flexibility index (Phi) is 4.00. The van der Waals surface area contributed by atoms with E-state index in [1.54, 1.807) is 6.20 Å². The highest BCUT2D eigenvalue weighted by molar-refractivity contribution is 7.10. The number of furan rings is 1. The van der Waals surface area contributed by atoms with E-state index in [1.807, 2.05) is 23.5 Å². The van der Waals surface area contributed by atoms with Gasteiger partial charge < -0.3 is 14.6 Å². The Bertz CT molecular complexity index is 872. The number of carbonyl (C=O) groups is 1. The lowest BCUT2D eigenvalue weighted by Crippen LogP contribution is -2.30. The third kappa shape index (κ3) is 3.02. The summed E-state index contributed by atoms with van der Waals surface area (Å²) in [7, 11) is 0. The number of fused-ring (bicyclic) bond motifs is 1. The van der Waals surface area contributed by atoms with Crippen molar-refractivity contribution in [3.8, 4) is 0 Å². The minimum Gasteiger partial charge on any atom is -0.440 e. The molecule has 3 aromatic heterocycles. The molecule has 5 nitrogen and oxygen atoms in total. The first kappa shape index (κ1) is 15.2. The van der Waals surface area contributed by atoms with Crippen molar-refractivity contribution in [1.29, 1.82) is 0 Å². The predicted octanol–water partition coefficient (Wildman–Crippen LogP) is 4.20. The smallest absolute Gasteiger partial charge is 0.291 e. The molecule has 1 aliphatic heterocycles. The summed E-state index contributed by atoms with van der Waals surface area (Å²) in [5.41, 5.74) is 1.99. The number of rotatable bonds is 3. The van der Waals surface area contributed by atoms with Crippen LogP contribution in [0.15, 0.2) is 46.3 Å². The van der Waals surface area contributed by atoms with Gasteiger partial charge in [0.05, 0.1) is 11.9 Å². The van der Waals surface area contributed by atoms with Crippen LogP contribution in [0.25, 0.3) is 0 Å². The maximum atomic E-state index is 12.0. The quantitative estimate of drug-likeness (QED) is 0.761. The molecule has 0 fully saturated rings. The first-order valence-electron chi connectivity index (χ1n) is 7.52. The lowest BCUT2D eigenvalue weighted by atomic mass is 10.1. The van der Waals surface area contributed by atoms with E-state index in [0.29, 0.717) is 5.69 Å². The molecule has 24 heavy (non-hydrogen) atoms. The summed E-state index contributed by atoms with van der Waals surface area (Å²) in [6, 6.07) is 9.00. The molecule has 0 aromatic carbocycles. The number of aromatic nitrogens is 1. The van der Waals surface area contributed by atoms with Crippen LogP contribution in [-0.2, 0) is 13.0 Å². The summed E-state index contributed by atoms with van der Waals surface area (Å²) >= 11 is 7.50. The van der Waals surface area contributed by atoms with Crippen LogP contribution in [0.4, 0.5) is 11.5 Å². The number of nitrogens with one attached hydrogen (secondary N) is 1. The molecule has 0 saturated carbocycles. The molecular formula is C17H14ClN3O2S. The lowest BCUT2D eigenvalue weighted by molar-refractivity contribution is 0.0996. The minimum atomic E-state index is -0.350. The normalized spacial score (nSPS) is 13.6. The van der Waals surface area contributed by atoms with Crippen molar-refractivity contribution in [2.45, 2.75) is 13.0 Å². The van der Waals surface area contributed by atoms with E-state index in [9.17, 15) is 4.79 Å². The molecule has 0 spiro atoms. The first-order chi connectivity index (χ1) is 11.7. The monoisotopic (exact) mass is 359 g/mol. The Morgan fingerprint density at radius 1 is 1.29 bits per heavy atom.